The number of nitrogens with two attached hydrogens (primary N) is 1. The van der Waals surface area contributed by atoms with Gasteiger partial charge in [-0.2, -0.15) is 0 Å². The van der Waals surface area contributed by atoms with Gasteiger partial charge >= 0.3 is 0 Å². The highest BCUT2D eigenvalue weighted by Gasteiger charge is 2.17. The Morgan fingerprint density at radius 1 is 0.649 bits per heavy atom. The van der Waals surface area contributed by atoms with Gasteiger partial charge in [-0.25, -0.2) is 19.9 Å². The number of aromatic hydroxyl groups is 2. The highest BCUT2D eigenvalue weighted by Crippen LogP contribution is 2.38. The van der Waals surface area contributed by atoms with E-state index >= 15 is 0 Å². The number of hydrogen-bond acceptors (Lipinski definition) is 12. The number of terminal acetylenes is 1. The number of phenols is 2. The van der Waals surface area contributed by atoms with E-state index in [9.17, 15) is 10.2 Å². The fraction of sp³-hybridized carbons (Fsp3) is 0.227. The minimum Gasteiger partial charge on any atom is -0.697 e. The number of allylic oxidation sites excluding steroid dienone is 2. The summed E-state index contributed by atoms with van der Waals surface area (Å²) in [6, 6.07) is 14.1. The van der Waals surface area contributed by atoms with E-state index in [-0.39, 0.29) is 5.75 Å². The van der Waals surface area contributed by atoms with Gasteiger partial charge in [-0.05, 0) is 60.4 Å². The molecule has 5 N–H and O–H groups in total. The number of nitrogen functional groups attached to an aromatic ring is 1. The maximum absolute atomic E-state index is 9.98. The Morgan fingerprint density at radius 2 is 1.11 bits per heavy atom. The molecule has 13 heteroatoms. The Morgan fingerprint density at radius 3 is 1.65 bits per heavy atom. The lowest BCUT2D eigenvalue weighted by molar-refractivity contribution is 0.356. The molecule has 6 aromatic rings. The minimum absolute atomic E-state index is 0.285. The number of benzene rings is 4. The average molecular weight is 792 g/mol. The first-order chi connectivity index (χ1) is 27.8. The molecule has 0 unspecified atom stereocenters. The molecule has 0 radical (unpaired) electrons. The van der Waals surface area contributed by atoms with Crippen molar-refractivity contribution in [3.8, 4) is 40.9 Å². The monoisotopic (exact) mass is 791 g/mol. The molecule has 2 aliphatic carbocycles. The van der Waals surface area contributed by atoms with Crippen LogP contribution in [0.5, 0.6) is 34.5 Å². The van der Waals surface area contributed by atoms with Crippen molar-refractivity contribution in [2.75, 3.05) is 39.5 Å². The molecule has 0 aliphatic heterocycles. The average Bonchev–Trinajstić information content (AvgIpc) is 3.98. The molecule has 0 saturated carbocycles. The molecule has 4 aromatic carbocycles. The Hall–Kier alpha value is -6.71. The number of phenolic OH excluding ortho intramolecular Hbond substituents is 2. The first-order valence-corrected chi connectivity index (χ1v) is 18.4. The maximum atomic E-state index is 9.98. The first kappa shape index (κ1) is 44.7. The maximum Gasteiger partial charge on any atom is 0.162 e. The summed E-state index contributed by atoms with van der Waals surface area (Å²) in [5.41, 5.74) is 12.7. The van der Waals surface area contributed by atoms with Crippen LogP contribution in [0.1, 0.15) is 49.9 Å². The predicted octanol–water partition coefficient (Wildman–Crippen LogP) is 9.77. The van der Waals surface area contributed by atoms with Gasteiger partial charge in [-0.1, -0.05) is 63.6 Å². The normalized spacial score (nSPS) is 10.9. The lowest BCUT2D eigenvalue weighted by Gasteiger charge is -2.14. The topological polar surface area (TPSA) is 167 Å². The number of nitrogens with one attached hydrogen (secondary N) is 1. The Kier molecular flexibility index (Phi) is 17.2. The van der Waals surface area contributed by atoms with Crippen LogP contribution in [-0.4, -0.2) is 58.6 Å². The summed E-state index contributed by atoms with van der Waals surface area (Å²) in [4.78, 5) is 16.7. The summed E-state index contributed by atoms with van der Waals surface area (Å²) < 4.78 is 21.0. The van der Waals surface area contributed by atoms with Crippen molar-refractivity contribution in [2.24, 2.45) is 0 Å². The molecule has 298 valence electrons. The Balaban J connectivity index is 0.000000232. The van der Waals surface area contributed by atoms with Crippen LogP contribution in [-0.2, 0) is 12.8 Å². The molecule has 57 heavy (non-hydrogen) atoms. The van der Waals surface area contributed by atoms with Crippen LogP contribution in [0.3, 0.4) is 0 Å². The van der Waals surface area contributed by atoms with E-state index in [0.29, 0.717) is 39.7 Å². The fourth-order valence-corrected chi connectivity index (χ4v) is 6.00. The van der Waals surface area contributed by atoms with Gasteiger partial charge in [0.05, 0.1) is 39.5 Å². The molecular weight excluding hydrogens is 744 g/mol. The number of hydrogen-bond donors (Lipinski definition) is 4. The third-order valence-corrected chi connectivity index (χ3v) is 8.70. The number of ether oxygens (including phenoxy) is 4. The summed E-state index contributed by atoms with van der Waals surface area (Å²) in [5, 5.41) is 24.7. The summed E-state index contributed by atoms with van der Waals surface area (Å²) in [7, 11) is 6.34. The van der Waals surface area contributed by atoms with E-state index in [4.69, 9.17) is 42.7 Å². The molecule has 12 nitrogen and oxygen atoms in total. The van der Waals surface area contributed by atoms with Gasteiger partial charge < -0.3 is 53.1 Å². The third-order valence-electron chi connectivity index (χ3n) is 8.40. The molecule has 2 aromatic heterocycles. The highest BCUT2D eigenvalue weighted by molar-refractivity contribution is 6.34. The molecule has 0 bridgehead atoms. The second-order valence-electron chi connectivity index (χ2n) is 11.3. The summed E-state index contributed by atoms with van der Waals surface area (Å²) in [5.74, 6) is 3.75. The number of nitrogens with zero attached hydrogens (tertiary/aromatic N) is 4. The van der Waals surface area contributed by atoms with Gasteiger partial charge in [0.1, 0.15) is 35.1 Å². The van der Waals surface area contributed by atoms with E-state index in [2.05, 4.69) is 31.7 Å². The van der Waals surface area contributed by atoms with Crippen molar-refractivity contribution in [1.29, 1.82) is 0 Å². The molecule has 0 amide bonds. The zero-order valence-corrected chi connectivity index (χ0v) is 34.1. The van der Waals surface area contributed by atoms with Crippen molar-refractivity contribution < 1.29 is 29.2 Å². The number of rotatable bonds is 6. The van der Waals surface area contributed by atoms with Crippen molar-refractivity contribution in [3.05, 3.63) is 107 Å². The van der Waals surface area contributed by atoms with Crippen LogP contribution in [0.15, 0.2) is 73.3 Å². The number of anilines is 3. The van der Waals surface area contributed by atoms with Gasteiger partial charge in [0.25, 0.3) is 0 Å². The SMILES string of the molecule is CC.CC.COc1cc2ncnc(Cl)c2cc1OC.COc1cc2ncnc(Nc3ccc(O)c4c3CC=C4)c2cc1OC.Nc1ccc(O)c2c1CC=C2.[C-]#C. The number of aromatic nitrogens is 4. The molecule has 8 rings (SSSR count). The van der Waals surface area contributed by atoms with E-state index < -0.39 is 0 Å². The summed E-state index contributed by atoms with van der Waals surface area (Å²) in [6.07, 6.45) is 21.4. The van der Waals surface area contributed by atoms with Gasteiger partial charge in [0.15, 0.2) is 23.0 Å². The second-order valence-corrected chi connectivity index (χ2v) is 11.6. The van der Waals surface area contributed by atoms with E-state index in [1.165, 1.54) is 12.7 Å². The van der Waals surface area contributed by atoms with Gasteiger partial charge in [-0.15, -0.1) is 0 Å². The van der Waals surface area contributed by atoms with Crippen LogP contribution in [0, 0.1) is 12.8 Å². The summed E-state index contributed by atoms with van der Waals surface area (Å²) >= 11 is 5.93. The van der Waals surface area contributed by atoms with Gasteiger partial charge in [0.2, 0.25) is 0 Å². The lowest BCUT2D eigenvalue weighted by atomic mass is 10.1. The second kappa shape index (κ2) is 22.0. The van der Waals surface area contributed by atoms with E-state index in [1.54, 1.807) is 58.8 Å². The Bertz CT molecular complexity index is 2360. The van der Waals surface area contributed by atoms with E-state index in [1.807, 2.05) is 70.2 Å². The molecule has 0 fully saturated rings. The molecule has 0 saturated heterocycles. The molecule has 0 atom stereocenters. The first-order valence-electron chi connectivity index (χ1n) is 18.0. The molecule has 2 heterocycles. The smallest absolute Gasteiger partial charge is 0.162 e. The quantitative estimate of drug-likeness (QED) is 0.0415. The van der Waals surface area contributed by atoms with E-state index in [0.717, 1.165) is 68.3 Å². The van der Waals surface area contributed by atoms with Crippen LogP contribution in [0.25, 0.3) is 34.0 Å². The largest absolute Gasteiger partial charge is 0.697 e. The lowest BCUT2D eigenvalue weighted by Crippen LogP contribution is -2.00. The molecular formula is C44H48ClN6O6-. The molecule has 0 spiro atoms. The number of halogens is 1. The zero-order valence-electron chi connectivity index (χ0n) is 33.3. The van der Waals surface area contributed by atoms with Gasteiger partial charge in [0, 0.05) is 45.4 Å². The Labute approximate surface area is 339 Å². The fourth-order valence-electron chi connectivity index (χ4n) is 5.81. The molecule has 2 aliphatic rings. The van der Waals surface area contributed by atoms with Crippen molar-refractivity contribution in [2.45, 2.75) is 40.5 Å². The van der Waals surface area contributed by atoms with Crippen LogP contribution in [0.2, 0.25) is 5.15 Å². The standard InChI is InChI=1S/C19H17N3O3.C10H9ClN2O2.C9H9NO.2C2H6.C2H/c1-24-17-8-13-15(9-18(17)25-2)20-10-21-19(13)22-14-6-7-16(23)12-5-3-4-11(12)14;1-14-8-3-6-7(4-9(8)15-2)12-5-13-10(6)11;10-8-4-5-9(11)7-3-1-2-6(7)8;3*1-2/h3,5-10,23H,4H2,1-2H3,(H,20,21,22);3-5H,1-2H3;1,3-5,11H,2,10H2;2*1-2H3;1H/q;;;;;-1. The van der Waals surface area contributed by atoms with Crippen LogP contribution in [0.4, 0.5) is 17.2 Å². The summed E-state index contributed by atoms with van der Waals surface area (Å²) in [6.45, 7) is 8.00. The third kappa shape index (κ3) is 10.3. The van der Waals surface area contributed by atoms with Gasteiger partial charge in [-0.3, -0.25) is 0 Å². The van der Waals surface area contributed by atoms with Crippen LogP contribution >= 0.6 is 11.6 Å². The van der Waals surface area contributed by atoms with Crippen molar-refractivity contribution >= 4 is 62.8 Å². The number of fused-ring (bicyclic) bond motifs is 4. The minimum atomic E-state index is 0.285. The van der Waals surface area contributed by atoms with Crippen molar-refractivity contribution in [1.82, 2.24) is 19.9 Å². The number of methoxy groups -OCH3 is 4. The van der Waals surface area contributed by atoms with Crippen LogP contribution < -0.4 is 30.0 Å². The van der Waals surface area contributed by atoms with Crippen molar-refractivity contribution in [3.63, 3.8) is 0 Å². The highest BCUT2D eigenvalue weighted by atomic mass is 35.5. The zero-order chi connectivity index (χ0) is 42.1. The predicted molar refractivity (Wildman–Crippen MR) is 231 cm³/mol.